The zero-order valence-corrected chi connectivity index (χ0v) is 13.9. The molecule has 1 fully saturated rings. The van der Waals surface area contributed by atoms with E-state index in [4.69, 9.17) is 0 Å². The first kappa shape index (κ1) is 15.3. The lowest BCUT2D eigenvalue weighted by molar-refractivity contribution is 0.0135. The Bertz CT molecular complexity index is 873. The van der Waals surface area contributed by atoms with Crippen LogP contribution in [0.5, 0.6) is 0 Å². The van der Waals surface area contributed by atoms with Crippen LogP contribution in [0.25, 0.3) is 10.2 Å². The van der Waals surface area contributed by atoms with E-state index in [1.807, 2.05) is 42.5 Å². The molecule has 24 heavy (non-hydrogen) atoms. The van der Waals surface area contributed by atoms with Crippen LogP contribution in [0.1, 0.15) is 28.8 Å². The molecule has 1 aliphatic rings. The van der Waals surface area contributed by atoms with Crippen molar-refractivity contribution in [3.63, 3.8) is 0 Å². The van der Waals surface area contributed by atoms with Crippen LogP contribution in [0.4, 0.5) is 0 Å². The van der Waals surface area contributed by atoms with Gasteiger partial charge in [-0.1, -0.05) is 30.3 Å². The maximum Gasteiger partial charge on any atom is 0.251 e. The van der Waals surface area contributed by atoms with Crippen molar-refractivity contribution in [3.8, 4) is 0 Å². The summed E-state index contributed by atoms with van der Waals surface area (Å²) in [6.45, 7) is 0.223. The van der Waals surface area contributed by atoms with Crippen molar-refractivity contribution < 1.29 is 9.90 Å². The van der Waals surface area contributed by atoms with Crippen molar-refractivity contribution in [1.29, 1.82) is 0 Å². The lowest BCUT2D eigenvalue weighted by atomic mass is 9.88. The number of hydrogen-bond donors (Lipinski definition) is 2. The van der Waals surface area contributed by atoms with Gasteiger partial charge in [0.2, 0.25) is 0 Å². The Kier molecular flexibility index (Phi) is 3.82. The minimum Gasteiger partial charge on any atom is -0.383 e. The number of aliphatic hydroxyl groups is 1. The molecule has 122 valence electrons. The topological polar surface area (TPSA) is 62.2 Å². The molecule has 0 aliphatic heterocycles. The third-order valence-electron chi connectivity index (χ3n) is 4.64. The average molecular weight is 338 g/mol. The standard InChI is InChI=1S/C19H18N2O2S/c22-18(13-6-9-16-17(10-13)24-12-21-16)20-11-19(23,15-7-8-15)14-4-2-1-3-5-14/h1-6,9-10,12,15,23H,7-8,11H2,(H,20,22)/t19-/m1/s1. The SMILES string of the molecule is O=C(NC[C@@](O)(c1ccccc1)C1CC1)c1ccc2ncsc2c1. The molecule has 1 saturated carbocycles. The molecule has 0 saturated heterocycles. The van der Waals surface area contributed by atoms with E-state index >= 15 is 0 Å². The van der Waals surface area contributed by atoms with E-state index in [2.05, 4.69) is 10.3 Å². The van der Waals surface area contributed by atoms with Crippen LogP contribution in [0.2, 0.25) is 0 Å². The number of carbonyl (C=O) groups excluding carboxylic acids is 1. The van der Waals surface area contributed by atoms with E-state index in [1.165, 1.54) is 11.3 Å². The summed E-state index contributed by atoms with van der Waals surface area (Å²) in [4.78, 5) is 16.7. The molecule has 1 heterocycles. The zero-order valence-electron chi connectivity index (χ0n) is 13.1. The van der Waals surface area contributed by atoms with Gasteiger partial charge in [-0.3, -0.25) is 4.79 Å². The number of aromatic nitrogens is 1. The summed E-state index contributed by atoms with van der Waals surface area (Å²) in [6, 6.07) is 15.1. The second-order valence-electron chi connectivity index (χ2n) is 6.28. The minimum atomic E-state index is -0.995. The van der Waals surface area contributed by atoms with Gasteiger partial charge in [0, 0.05) is 5.56 Å². The summed E-state index contributed by atoms with van der Waals surface area (Å²) >= 11 is 1.51. The molecule has 1 aromatic heterocycles. The fraction of sp³-hybridized carbons (Fsp3) is 0.263. The zero-order chi connectivity index (χ0) is 16.6. The Hall–Kier alpha value is -2.24. The number of amides is 1. The van der Waals surface area contributed by atoms with Gasteiger partial charge in [0.05, 0.1) is 22.3 Å². The third kappa shape index (κ3) is 2.81. The maximum absolute atomic E-state index is 12.5. The highest BCUT2D eigenvalue weighted by atomic mass is 32.1. The molecule has 0 bridgehead atoms. The molecule has 0 radical (unpaired) electrons. The number of nitrogens with zero attached hydrogens (tertiary/aromatic N) is 1. The molecule has 4 nitrogen and oxygen atoms in total. The van der Waals surface area contributed by atoms with Crippen LogP contribution in [0.15, 0.2) is 54.0 Å². The normalized spacial score (nSPS) is 16.7. The largest absolute Gasteiger partial charge is 0.383 e. The molecule has 2 N–H and O–H groups in total. The summed E-state index contributed by atoms with van der Waals surface area (Å²) in [6.07, 6.45) is 1.99. The van der Waals surface area contributed by atoms with Gasteiger partial charge in [-0.2, -0.15) is 0 Å². The number of nitrogens with one attached hydrogen (secondary N) is 1. The second kappa shape index (κ2) is 6.00. The number of carbonyl (C=O) groups is 1. The van der Waals surface area contributed by atoms with Crippen LogP contribution < -0.4 is 5.32 Å². The summed E-state index contributed by atoms with van der Waals surface area (Å²) in [7, 11) is 0. The van der Waals surface area contributed by atoms with Gasteiger partial charge in [0.25, 0.3) is 5.91 Å². The summed E-state index contributed by atoms with van der Waals surface area (Å²) < 4.78 is 0.989. The fourth-order valence-electron chi connectivity index (χ4n) is 3.08. The average Bonchev–Trinajstić information content (AvgIpc) is 3.38. The first-order chi connectivity index (χ1) is 11.7. The first-order valence-electron chi connectivity index (χ1n) is 8.06. The molecule has 3 aromatic rings. The molecule has 1 aliphatic carbocycles. The van der Waals surface area contributed by atoms with E-state index in [1.54, 1.807) is 11.6 Å². The molecule has 5 heteroatoms. The Morgan fingerprint density at radius 2 is 2.04 bits per heavy atom. The van der Waals surface area contributed by atoms with E-state index in [-0.39, 0.29) is 18.4 Å². The monoisotopic (exact) mass is 338 g/mol. The minimum absolute atomic E-state index is 0.166. The fourth-order valence-corrected chi connectivity index (χ4v) is 3.80. The number of thiazole rings is 1. The van der Waals surface area contributed by atoms with Crippen molar-refractivity contribution in [1.82, 2.24) is 10.3 Å². The van der Waals surface area contributed by atoms with E-state index in [0.717, 1.165) is 28.6 Å². The molecule has 1 amide bonds. The van der Waals surface area contributed by atoms with Gasteiger partial charge < -0.3 is 10.4 Å². The lowest BCUT2D eigenvalue weighted by Gasteiger charge is -2.29. The predicted octanol–water partition coefficient (Wildman–Crippen LogP) is 3.32. The van der Waals surface area contributed by atoms with Gasteiger partial charge in [0.15, 0.2) is 0 Å². The third-order valence-corrected chi connectivity index (χ3v) is 5.43. The van der Waals surface area contributed by atoms with E-state index in [0.29, 0.717) is 5.56 Å². The summed E-state index contributed by atoms with van der Waals surface area (Å²) in [5, 5.41) is 14.0. The number of rotatable bonds is 5. The molecule has 2 aromatic carbocycles. The highest BCUT2D eigenvalue weighted by molar-refractivity contribution is 7.16. The molecular formula is C19H18N2O2S. The van der Waals surface area contributed by atoms with Crippen molar-refractivity contribution in [2.24, 2.45) is 5.92 Å². The van der Waals surface area contributed by atoms with Crippen LogP contribution in [0.3, 0.4) is 0 Å². The quantitative estimate of drug-likeness (QED) is 0.750. The van der Waals surface area contributed by atoms with Crippen LogP contribution in [0, 0.1) is 5.92 Å². The van der Waals surface area contributed by atoms with Crippen molar-refractivity contribution in [2.45, 2.75) is 18.4 Å². The highest BCUT2D eigenvalue weighted by Crippen LogP contribution is 2.45. The Balaban J connectivity index is 1.52. The molecule has 0 spiro atoms. The summed E-state index contributed by atoms with van der Waals surface area (Å²) in [5.74, 6) is 0.0458. The van der Waals surface area contributed by atoms with Crippen molar-refractivity contribution in [2.75, 3.05) is 6.54 Å². The molecule has 0 unspecified atom stereocenters. The second-order valence-corrected chi connectivity index (χ2v) is 7.17. The smallest absolute Gasteiger partial charge is 0.251 e. The number of fused-ring (bicyclic) bond motifs is 1. The Morgan fingerprint density at radius 3 is 2.79 bits per heavy atom. The Morgan fingerprint density at radius 1 is 1.25 bits per heavy atom. The predicted molar refractivity (Wildman–Crippen MR) is 95.0 cm³/mol. The number of benzene rings is 2. The highest BCUT2D eigenvalue weighted by Gasteiger charge is 2.45. The Labute approximate surface area is 144 Å². The van der Waals surface area contributed by atoms with Crippen molar-refractivity contribution in [3.05, 3.63) is 65.2 Å². The lowest BCUT2D eigenvalue weighted by Crippen LogP contribution is -2.42. The molecular weight excluding hydrogens is 320 g/mol. The van der Waals surface area contributed by atoms with Crippen molar-refractivity contribution >= 4 is 27.5 Å². The van der Waals surface area contributed by atoms with Crippen LogP contribution >= 0.6 is 11.3 Å². The van der Waals surface area contributed by atoms with Gasteiger partial charge in [-0.15, -0.1) is 11.3 Å². The van der Waals surface area contributed by atoms with Gasteiger partial charge in [-0.05, 0) is 42.5 Å². The molecule has 4 rings (SSSR count). The number of hydrogen-bond acceptors (Lipinski definition) is 4. The van der Waals surface area contributed by atoms with Gasteiger partial charge in [0.1, 0.15) is 5.60 Å². The maximum atomic E-state index is 12.5. The van der Waals surface area contributed by atoms with E-state index < -0.39 is 5.60 Å². The first-order valence-corrected chi connectivity index (χ1v) is 8.94. The summed E-state index contributed by atoms with van der Waals surface area (Å²) in [5.41, 5.74) is 3.14. The van der Waals surface area contributed by atoms with Crippen LogP contribution in [-0.4, -0.2) is 22.5 Å². The van der Waals surface area contributed by atoms with E-state index in [9.17, 15) is 9.90 Å². The van der Waals surface area contributed by atoms with Crippen LogP contribution in [-0.2, 0) is 5.60 Å². The van der Waals surface area contributed by atoms with Gasteiger partial charge in [-0.25, -0.2) is 4.98 Å². The molecule has 1 atom stereocenters. The van der Waals surface area contributed by atoms with Gasteiger partial charge >= 0.3 is 0 Å².